The lowest BCUT2D eigenvalue weighted by Crippen LogP contribution is -2.04. The van der Waals surface area contributed by atoms with E-state index in [0.717, 1.165) is 44.8 Å². The summed E-state index contributed by atoms with van der Waals surface area (Å²) in [5.74, 6) is 0.680. The first-order valence-corrected chi connectivity index (χ1v) is 6.93. The second-order valence-corrected chi connectivity index (χ2v) is 5.46. The Morgan fingerprint density at radius 2 is 2.05 bits per heavy atom. The third-order valence-corrected chi connectivity index (χ3v) is 3.72. The Balaban J connectivity index is 1.91. The summed E-state index contributed by atoms with van der Waals surface area (Å²) in [5.41, 5.74) is 6.02. The molecule has 3 aromatic rings. The van der Waals surface area contributed by atoms with E-state index in [1.807, 2.05) is 32.0 Å². The molecule has 1 amide bonds. The molecule has 0 unspecified atom stereocenters. The Morgan fingerprint density at radius 1 is 1.18 bits per heavy atom. The largest absolute Gasteiger partial charge is 0.338 e. The minimum absolute atomic E-state index is 0.0544. The number of carbonyl (C=O) groups excluding carboxylic acids is 1. The molecule has 22 heavy (non-hydrogen) atoms. The standard InChI is InChI=1S/C16H13N5O/c1-8(2)14-10-5-12-13(6-11(10)21-16(14)22)20-15(19-12)9-3-4-17-18-7-9/h3-7H,1-2H3,(H,19,20)(H,21,22). The number of aromatic nitrogens is 4. The second kappa shape index (κ2) is 4.49. The van der Waals surface area contributed by atoms with Crippen molar-refractivity contribution >= 4 is 28.2 Å². The molecule has 2 aromatic heterocycles. The number of aromatic amines is 1. The molecule has 4 rings (SSSR count). The van der Waals surface area contributed by atoms with E-state index in [4.69, 9.17) is 0 Å². The molecule has 108 valence electrons. The highest BCUT2D eigenvalue weighted by molar-refractivity contribution is 6.32. The number of allylic oxidation sites excluding steroid dienone is 1. The molecule has 6 nitrogen and oxygen atoms in total. The molecule has 0 saturated carbocycles. The van der Waals surface area contributed by atoms with Crippen LogP contribution in [0.5, 0.6) is 0 Å². The molecular weight excluding hydrogens is 278 g/mol. The minimum atomic E-state index is -0.0544. The molecule has 6 heteroatoms. The van der Waals surface area contributed by atoms with Crippen LogP contribution in [-0.4, -0.2) is 26.1 Å². The SMILES string of the molecule is CC(C)=C1C(=O)Nc2cc3nc(-c4ccnnc4)[nH]c3cc21. The van der Waals surface area contributed by atoms with E-state index in [9.17, 15) is 4.79 Å². The average Bonchev–Trinajstić information content (AvgIpc) is 3.04. The molecule has 0 atom stereocenters. The van der Waals surface area contributed by atoms with Gasteiger partial charge in [0, 0.05) is 16.7 Å². The second-order valence-electron chi connectivity index (χ2n) is 5.46. The van der Waals surface area contributed by atoms with Gasteiger partial charge in [-0.05, 0) is 32.0 Å². The zero-order valence-electron chi connectivity index (χ0n) is 12.1. The van der Waals surface area contributed by atoms with E-state index in [1.54, 1.807) is 12.4 Å². The summed E-state index contributed by atoms with van der Waals surface area (Å²) in [7, 11) is 0. The van der Waals surface area contributed by atoms with Gasteiger partial charge >= 0.3 is 0 Å². The summed E-state index contributed by atoms with van der Waals surface area (Å²) in [6, 6.07) is 5.71. The van der Waals surface area contributed by atoms with Gasteiger partial charge in [0.1, 0.15) is 5.82 Å². The van der Waals surface area contributed by atoms with Crippen LogP contribution in [0.4, 0.5) is 5.69 Å². The normalized spacial score (nSPS) is 13.4. The lowest BCUT2D eigenvalue weighted by Gasteiger charge is -2.00. The number of hydrogen-bond donors (Lipinski definition) is 2. The van der Waals surface area contributed by atoms with E-state index in [1.165, 1.54) is 0 Å². The first-order chi connectivity index (χ1) is 10.6. The predicted molar refractivity (Wildman–Crippen MR) is 84.0 cm³/mol. The molecule has 1 aliphatic heterocycles. The summed E-state index contributed by atoms with van der Waals surface area (Å²) in [5, 5.41) is 10.5. The molecule has 0 aliphatic carbocycles. The Morgan fingerprint density at radius 3 is 2.77 bits per heavy atom. The lowest BCUT2D eigenvalue weighted by atomic mass is 10.0. The number of H-pyrrole nitrogens is 1. The summed E-state index contributed by atoms with van der Waals surface area (Å²) in [6.07, 6.45) is 3.29. The number of rotatable bonds is 1. The van der Waals surface area contributed by atoms with Gasteiger partial charge in [-0.1, -0.05) is 5.57 Å². The average molecular weight is 291 g/mol. The fraction of sp³-hybridized carbons (Fsp3) is 0.125. The molecule has 0 saturated heterocycles. The summed E-state index contributed by atoms with van der Waals surface area (Å²) >= 11 is 0. The fourth-order valence-electron chi connectivity index (χ4n) is 2.74. The quantitative estimate of drug-likeness (QED) is 0.675. The van der Waals surface area contributed by atoms with Crippen LogP contribution < -0.4 is 5.32 Å². The Labute approximate surface area is 126 Å². The van der Waals surface area contributed by atoms with Crippen LogP contribution in [0.3, 0.4) is 0 Å². The van der Waals surface area contributed by atoms with E-state index < -0.39 is 0 Å². The molecule has 0 spiro atoms. The highest BCUT2D eigenvalue weighted by Gasteiger charge is 2.26. The molecule has 2 N–H and O–H groups in total. The maximum Gasteiger partial charge on any atom is 0.256 e. The van der Waals surface area contributed by atoms with E-state index in [0.29, 0.717) is 0 Å². The zero-order chi connectivity index (χ0) is 15.3. The van der Waals surface area contributed by atoms with Crippen molar-refractivity contribution in [3.05, 3.63) is 41.7 Å². The smallest absolute Gasteiger partial charge is 0.256 e. The van der Waals surface area contributed by atoms with E-state index in [2.05, 4.69) is 25.5 Å². The Bertz CT molecular complexity index is 936. The third kappa shape index (κ3) is 1.81. The van der Waals surface area contributed by atoms with Gasteiger partial charge in [0.15, 0.2) is 0 Å². The Hall–Kier alpha value is -3.02. The molecule has 3 heterocycles. The Kier molecular flexibility index (Phi) is 2.59. The van der Waals surface area contributed by atoms with Crippen LogP contribution in [0.25, 0.3) is 28.0 Å². The number of anilines is 1. The molecule has 1 aliphatic rings. The van der Waals surface area contributed by atoms with Gasteiger partial charge in [-0.2, -0.15) is 10.2 Å². The topological polar surface area (TPSA) is 83.6 Å². The third-order valence-electron chi connectivity index (χ3n) is 3.72. The van der Waals surface area contributed by atoms with Gasteiger partial charge in [-0.25, -0.2) is 4.98 Å². The van der Waals surface area contributed by atoms with Gasteiger partial charge in [0.25, 0.3) is 5.91 Å². The number of carbonyl (C=O) groups is 1. The van der Waals surface area contributed by atoms with Gasteiger partial charge < -0.3 is 10.3 Å². The van der Waals surface area contributed by atoms with Gasteiger partial charge in [0.05, 0.1) is 29.1 Å². The number of hydrogen-bond acceptors (Lipinski definition) is 4. The highest BCUT2D eigenvalue weighted by Crippen LogP contribution is 2.36. The minimum Gasteiger partial charge on any atom is -0.338 e. The predicted octanol–water partition coefficient (Wildman–Crippen LogP) is 2.77. The van der Waals surface area contributed by atoms with Crippen molar-refractivity contribution < 1.29 is 4.79 Å². The van der Waals surface area contributed by atoms with E-state index in [-0.39, 0.29) is 5.91 Å². The molecule has 1 aromatic carbocycles. The van der Waals surface area contributed by atoms with Gasteiger partial charge in [-0.3, -0.25) is 4.79 Å². The first kappa shape index (κ1) is 12.7. The summed E-state index contributed by atoms with van der Waals surface area (Å²) in [4.78, 5) is 19.9. The maximum atomic E-state index is 12.0. The zero-order valence-corrected chi connectivity index (χ0v) is 12.1. The molecule has 0 fully saturated rings. The maximum absolute atomic E-state index is 12.0. The lowest BCUT2D eigenvalue weighted by molar-refractivity contribution is -0.110. The van der Waals surface area contributed by atoms with Crippen molar-refractivity contribution in [2.45, 2.75) is 13.8 Å². The van der Waals surface area contributed by atoms with E-state index >= 15 is 0 Å². The summed E-state index contributed by atoms with van der Waals surface area (Å²) < 4.78 is 0. The fourth-order valence-corrected chi connectivity index (χ4v) is 2.74. The van der Waals surface area contributed by atoms with Crippen LogP contribution in [-0.2, 0) is 4.79 Å². The van der Waals surface area contributed by atoms with Gasteiger partial charge in [0.2, 0.25) is 0 Å². The molecule has 0 bridgehead atoms. The number of nitrogens with zero attached hydrogens (tertiary/aromatic N) is 3. The monoisotopic (exact) mass is 291 g/mol. The van der Waals surface area contributed by atoms with Crippen molar-refractivity contribution in [3.8, 4) is 11.4 Å². The van der Waals surface area contributed by atoms with Crippen molar-refractivity contribution in [2.24, 2.45) is 0 Å². The number of fused-ring (bicyclic) bond motifs is 2. The van der Waals surface area contributed by atoms with Gasteiger partial charge in [-0.15, -0.1) is 0 Å². The van der Waals surface area contributed by atoms with Crippen LogP contribution in [0.2, 0.25) is 0 Å². The van der Waals surface area contributed by atoms with Crippen LogP contribution in [0, 0.1) is 0 Å². The van der Waals surface area contributed by atoms with Crippen molar-refractivity contribution in [1.82, 2.24) is 20.2 Å². The van der Waals surface area contributed by atoms with Crippen molar-refractivity contribution in [1.29, 1.82) is 0 Å². The van der Waals surface area contributed by atoms with Crippen molar-refractivity contribution in [3.63, 3.8) is 0 Å². The molecule has 0 radical (unpaired) electrons. The van der Waals surface area contributed by atoms with Crippen LogP contribution in [0.1, 0.15) is 19.4 Å². The highest BCUT2D eigenvalue weighted by atomic mass is 16.2. The number of nitrogens with one attached hydrogen (secondary N) is 2. The summed E-state index contributed by atoms with van der Waals surface area (Å²) in [6.45, 7) is 3.88. The van der Waals surface area contributed by atoms with Crippen LogP contribution in [0.15, 0.2) is 36.2 Å². The first-order valence-electron chi connectivity index (χ1n) is 6.93. The molecular formula is C16H13N5O. The van der Waals surface area contributed by atoms with Crippen molar-refractivity contribution in [2.75, 3.05) is 5.32 Å². The number of benzene rings is 1. The van der Waals surface area contributed by atoms with Crippen LogP contribution >= 0.6 is 0 Å². The number of imidazole rings is 1. The number of amides is 1.